The van der Waals surface area contributed by atoms with Crippen LogP contribution in [0.5, 0.6) is 5.75 Å². The molecule has 2 aromatic carbocycles. The van der Waals surface area contributed by atoms with Crippen LogP contribution in [0.2, 0.25) is 0 Å². The topological polar surface area (TPSA) is 108 Å². The quantitative estimate of drug-likeness (QED) is 0.0984. The second-order valence-electron chi connectivity index (χ2n) is 8.23. The Morgan fingerprint density at radius 2 is 1.67 bits per heavy atom. The summed E-state index contributed by atoms with van der Waals surface area (Å²) in [5, 5.41) is 32.8. The van der Waals surface area contributed by atoms with Gasteiger partial charge >= 0.3 is 0 Å². The smallest absolute Gasteiger partial charge is 0.134 e. The molecule has 6 nitrogen and oxygen atoms in total. The zero-order valence-electron chi connectivity index (χ0n) is 19.0. The zero-order valence-corrected chi connectivity index (χ0v) is 23.3. The maximum atomic E-state index is 10.4. The van der Waals surface area contributed by atoms with Gasteiger partial charge in [-0.2, -0.15) is 0 Å². The third-order valence-corrected chi connectivity index (χ3v) is 7.28. The molecule has 0 radical (unpaired) electrons. The second kappa shape index (κ2) is 16.1. The van der Waals surface area contributed by atoms with E-state index in [-0.39, 0.29) is 12.4 Å². The van der Waals surface area contributed by atoms with Gasteiger partial charge in [0.05, 0.1) is 16.3 Å². The van der Waals surface area contributed by atoms with Crippen LogP contribution in [-0.4, -0.2) is 41.6 Å². The van der Waals surface area contributed by atoms with Gasteiger partial charge in [0.15, 0.2) is 0 Å². The zero-order chi connectivity index (χ0) is 24.1. The molecule has 0 fully saturated rings. The van der Waals surface area contributed by atoms with E-state index in [1.807, 2.05) is 28.7 Å². The summed E-state index contributed by atoms with van der Waals surface area (Å²) in [5.74, 6) is 0.0824. The number of ether oxygens (including phenoxy) is 1. The van der Waals surface area contributed by atoms with E-state index in [0.29, 0.717) is 21.2 Å². The van der Waals surface area contributed by atoms with Gasteiger partial charge in [-0.15, -0.1) is 0 Å². The number of unbranched alkanes of at least 4 members (excludes halogenated alkanes) is 4. The molecule has 2 rings (SSSR count). The Hall–Kier alpha value is -0.660. The number of halogens is 2. The lowest BCUT2D eigenvalue weighted by Crippen LogP contribution is -2.22. The number of aliphatic hydroxyl groups excluding tert-OH is 2. The minimum atomic E-state index is -0.665. The molecule has 0 aliphatic heterocycles. The molecule has 0 saturated heterocycles. The van der Waals surface area contributed by atoms with Crippen molar-refractivity contribution in [2.24, 2.45) is 0 Å². The first kappa shape index (κ1) is 28.6. The number of aryl methyl sites for hydroxylation is 1. The lowest BCUT2D eigenvalue weighted by atomic mass is 10.1. The van der Waals surface area contributed by atoms with Crippen molar-refractivity contribution < 1.29 is 20.1 Å². The fourth-order valence-electron chi connectivity index (χ4n) is 3.52. The van der Waals surface area contributed by atoms with E-state index in [1.165, 1.54) is 5.56 Å². The highest BCUT2D eigenvalue weighted by Crippen LogP contribution is 2.28. The number of nitrogens with one attached hydrogen (secondary N) is 1. The molecule has 33 heavy (non-hydrogen) atoms. The van der Waals surface area contributed by atoms with E-state index in [4.69, 9.17) is 10.5 Å². The maximum absolute atomic E-state index is 10.4. The van der Waals surface area contributed by atoms with E-state index < -0.39 is 6.10 Å². The van der Waals surface area contributed by atoms with Gasteiger partial charge in [0.25, 0.3) is 0 Å². The lowest BCUT2D eigenvalue weighted by molar-refractivity contribution is 0.126. The highest BCUT2D eigenvalue weighted by atomic mass is 125. The molecule has 0 saturated carbocycles. The number of benzene rings is 2. The van der Waals surface area contributed by atoms with Crippen LogP contribution in [0, 0.1) is 7.14 Å². The van der Waals surface area contributed by atoms with Crippen molar-refractivity contribution in [3.63, 3.8) is 0 Å². The SMILES string of the molecule is Nc1ccc(CCCCOCCCCCCNCC(O)c2cc([125I])c(O)c(CO)c2)cc1[125I]. The van der Waals surface area contributed by atoms with E-state index in [0.717, 1.165) is 74.0 Å². The monoisotopic (exact) mass is 678 g/mol. The molecule has 6 N–H and O–H groups in total. The lowest BCUT2D eigenvalue weighted by Gasteiger charge is -2.15. The van der Waals surface area contributed by atoms with Gasteiger partial charge < -0.3 is 31.1 Å². The molecule has 0 aliphatic carbocycles. The Balaban J connectivity index is 1.43. The third kappa shape index (κ3) is 10.6. The highest BCUT2D eigenvalue weighted by Gasteiger charge is 2.13. The Morgan fingerprint density at radius 3 is 2.39 bits per heavy atom. The normalized spacial score (nSPS) is 12.2. The van der Waals surface area contributed by atoms with E-state index >= 15 is 0 Å². The summed E-state index contributed by atoms with van der Waals surface area (Å²) in [5.41, 5.74) is 9.18. The van der Waals surface area contributed by atoms with Gasteiger partial charge in [0, 0.05) is 34.6 Å². The molecule has 0 amide bonds. The molecule has 0 aromatic heterocycles. The van der Waals surface area contributed by atoms with Crippen molar-refractivity contribution in [1.29, 1.82) is 0 Å². The summed E-state index contributed by atoms with van der Waals surface area (Å²) in [7, 11) is 0. The first-order valence-electron chi connectivity index (χ1n) is 11.5. The second-order valence-corrected chi connectivity index (χ2v) is 10.6. The summed E-state index contributed by atoms with van der Waals surface area (Å²) in [6.45, 7) is 2.69. The molecule has 1 unspecified atom stereocenters. The van der Waals surface area contributed by atoms with Crippen LogP contribution in [0.15, 0.2) is 30.3 Å². The van der Waals surface area contributed by atoms with Crippen molar-refractivity contribution in [2.75, 3.05) is 32.0 Å². The molecule has 0 bridgehead atoms. The predicted octanol–water partition coefficient (Wildman–Crippen LogP) is 4.90. The van der Waals surface area contributed by atoms with Crippen LogP contribution in [0.3, 0.4) is 0 Å². The standard InChI is InChI=1S/C25H36I2N2O4/c26-21-13-18(8-9-23(21)28)7-3-6-12-33-11-5-2-1-4-10-29-16-24(31)19-14-20(17-30)25(32)22(27)15-19/h8-9,13-15,24,29-32H,1-7,10-12,16-17,28H2/i26-2,27-2. The molecular formula is C25H36I2N2O4. The number of hydrogen-bond acceptors (Lipinski definition) is 6. The van der Waals surface area contributed by atoms with Gasteiger partial charge in [-0.3, -0.25) is 0 Å². The highest BCUT2D eigenvalue weighted by molar-refractivity contribution is 14.1. The number of nitrogens with two attached hydrogens (primary N) is 1. The van der Waals surface area contributed by atoms with Crippen LogP contribution >= 0.6 is 45.2 Å². The van der Waals surface area contributed by atoms with Crippen molar-refractivity contribution in [1.82, 2.24) is 5.32 Å². The molecule has 8 heteroatoms. The van der Waals surface area contributed by atoms with Crippen molar-refractivity contribution in [3.05, 3.63) is 54.2 Å². The van der Waals surface area contributed by atoms with Gasteiger partial charge in [0.1, 0.15) is 5.75 Å². The Labute approximate surface area is 224 Å². The fraction of sp³-hybridized carbons (Fsp3) is 0.520. The van der Waals surface area contributed by atoms with Gasteiger partial charge in [-0.25, -0.2) is 0 Å². The minimum absolute atomic E-state index is 0.0824. The Bertz CT molecular complexity index is 851. The molecule has 1 atom stereocenters. The number of hydrogen-bond donors (Lipinski definition) is 5. The van der Waals surface area contributed by atoms with E-state index in [1.54, 1.807) is 12.1 Å². The molecule has 2 aromatic rings. The van der Waals surface area contributed by atoms with Gasteiger partial charge in [0.2, 0.25) is 0 Å². The van der Waals surface area contributed by atoms with Gasteiger partial charge in [-0.05, 0) is 119 Å². The van der Waals surface area contributed by atoms with E-state index in [9.17, 15) is 15.3 Å². The first-order chi connectivity index (χ1) is 15.9. The van der Waals surface area contributed by atoms with Crippen molar-refractivity contribution in [3.8, 4) is 5.75 Å². The molecule has 184 valence electrons. The maximum Gasteiger partial charge on any atom is 0.134 e. The number of aliphatic hydroxyl groups is 2. The summed E-state index contributed by atoms with van der Waals surface area (Å²) < 4.78 is 7.51. The largest absolute Gasteiger partial charge is 0.506 e. The third-order valence-electron chi connectivity index (χ3n) is 5.52. The van der Waals surface area contributed by atoms with Crippen LogP contribution in [-0.2, 0) is 17.8 Å². The summed E-state index contributed by atoms with van der Waals surface area (Å²) in [6.07, 6.45) is 7.02. The number of phenols is 1. The average Bonchev–Trinajstić information content (AvgIpc) is 2.80. The minimum Gasteiger partial charge on any atom is -0.506 e. The van der Waals surface area contributed by atoms with Crippen molar-refractivity contribution in [2.45, 2.75) is 57.7 Å². The predicted molar refractivity (Wildman–Crippen MR) is 150 cm³/mol. The number of anilines is 1. The molecule has 0 heterocycles. The van der Waals surface area contributed by atoms with Crippen LogP contribution in [0.1, 0.15) is 61.3 Å². The molecule has 0 aliphatic rings. The fourth-order valence-corrected chi connectivity index (χ4v) is 4.80. The summed E-state index contributed by atoms with van der Waals surface area (Å²) in [4.78, 5) is 0. The van der Waals surface area contributed by atoms with Crippen LogP contribution in [0.25, 0.3) is 0 Å². The van der Waals surface area contributed by atoms with Crippen molar-refractivity contribution >= 4 is 50.9 Å². The Morgan fingerprint density at radius 1 is 0.939 bits per heavy atom. The Kier molecular flexibility index (Phi) is 13.9. The van der Waals surface area contributed by atoms with Crippen LogP contribution < -0.4 is 11.1 Å². The number of aromatic hydroxyl groups is 1. The molecular weight excluding hydrogens is 642 g/mol. The van der Waals surface area contributed by atoms with E-state index in [2.05, 4.69) is 40.0 Å². The average molecular weight is 678 g/mol. The van der Waals surface area contributed by atoms with Crippen LogP contribution in [0.4, 0.5) is 5.69 Å². The molecule has 0 spiro atoms. The first-order valence-corrected chi connectivity index (χ1v) is 13.7. The number of rotatable bonds is 16. The number of nitrogen functional groups attached to an aromatic ring is 1. The summed E-state index contributed by atoms with van der Waals surface area (Å²) in [6, 6.07) is 9.65. The van der Waals surface area contributed by atoms with Gasteiger partial charge in [-0.1, -0.05) is 18.9 Å². The summed E-state index contributed by atoms with van der Waals surface area (Å²) >= 11 is 4.28.